The summed E-state index contributed by atoms with van der Waals surface area (Å²) in [6, 6.07) is 5.61. The minimum atomic E-state index is -0.354. The Balaban J connectivity index is 1.77. The number of benzene rings is 1. The SMILES string of the molecule is CCn1c(=O)c2[nH]c(/C=C/c3ccc4c(c3)OCO4)nc2n(CC)c1=O. The largest absolute Gasteiger partial charge is 0.454 e. The summed E-state index contributed by atoms with van der Waals surface area (Å²) >= 11 is 0. The molecule has 2 aromatic heterocycles. The summed E-state index contributed by atoms with van der Waals surface area (Å²) in [7, 11) is 0. The smallest absolute Gasteiger partial charge is 0.332 e. The molecule has 0 fully saturated rings. The number of fused-ring (bicyclic) bond motifs is 2. The zero-order valence-corrected chi connectivity index (χ0v) is 14.5. The minimum Gasteiger partial charge on any atom is -0.454 e. The van der Waals surface area contributed by atoms with E-state index in [0.717, 1.165) is 11.3 Å². The van der Waals surface area contributed by atoms with Crippen molar-refractivity contribution in [3.63, 3.8) is 0 Å². The fourth-order valence-electron chi connectivity index (χ4n) is 3.02. The Morgan fingerprint density at radius 2 is 1.88 bits per heavy atom. The molecule has 0 amide bonds. The van der Waals surface area contributed by atoms with E-state index in [-0.39, 0.29) is 18.0 Å². The number of aryl methyl sites for hydroxylation is 1. The number of imidazole rings is 1. The number of hydrogen-bond acceptors (Lipinski definition) is 5. The molecular weight excluding hydrogens is 336 g/mol. The Bertz CT molecular complexity index is 1140. The van der Waals surface area contributed by atoms with E-state index in [1.54, 1.807) is 13.0 Å². The summed E-state index contributed by atoms with van der Waals surface area (Å²) < 4.78 is 13.4. The van der Waals surface area contributed by atoms with Gasteiger partial charge in [-0.25, -0.2) is 9.78 Å². The first-order valence-electron chi connectivity index (χ1n) is 8.43. The van der Waals surface area contributed by atoms with E-state index >= 15 is 0 Å². The van der Waals surface area contributed by atoms with Crippen LogP contribution in [0.4, 0.5) is 0 Å². The Morgan fingerprint density at radius 3 is 2.65 bits per heavy atom. The molecule has 0 aliphatic carbocycles. The minimum absolute atomic E-state index is 0.227. The third-order valence-corrected chi connectivity index (χ3v) is 4.34. The highest BCUT2D eigenvalue weighted by Gasteiger charge is 2.15. The molecule has 8 heteroatoms. The lowest BCUT2D eigenvalue weighted by molar-refractivity contribution is 0.174. The quantitative estimate of drug-likeness (QED) is 0.772. The molecule has 3 heterocycles. The van der Waals surface area contributed by atoms with Gasteiger partial charge in [0.2, 0.25) is 6.79 Å². The highest BCUT2D eigenvalue weighted by molar-refractivity contribution is 5.76. The Hall–Kier alpha value is -3.29. The second-order valence-electron chi connectivity index (χ2n) is 5.84. The first kappa shape index (κ1) is 16.2. The first-order chi connectivity index (χ1) is 12.6. The fourth-order valence-corrected chi connectivity index (χ4v) is 3.02. The molecule has 134 valence electrons. The molecule has 0 unspecified atom stereocenters. The van der Waals surface area contributed by atoms with Crippen LogP contribution in [0.15, 0.2) is 27.8 Å². The molecule has 1 N–H and O–H groups in total. The van der Waals surface area contributed by atoms with Crippen LogP contribution in [0.5, 0.6) is 11.5 Å². The number of hydrogen-bond donors (Lipinski definition) is 1. The van der Waals surface area contributed by atoms with Crippen molar-refractivity contribution < 1.29 is 9.47 Å². The molecule has 1 aliphatic heterocycles. The van der Waals surface area contributed by atoms with Gasteiger partial charge in [-0.05, 0) is 37.6 Å². The van der Waals surface area contributed by atoms with E-state index in [4.69, 9.17) is 9.47 Å². The van der Waals surface area contributed by atoms with Crippen molar-refractivity contribution in [2.45, 2.75) is 26.9 Å². The molecule has 3 aromatic rings. The average molecular weight is 354 g/mol. The van der Waals surface area contributed by atoms with Crippen molar-refractivity contribution in [3.05, 3.63) is 50.4 Å². The van der Waals surface area contributed by atoms with Crippen LogP contribution in [0.1, 0.15) is 25.2 Å². The van der Waals surface area contributed by atoms with E-state index in [1.807, 2.05) is 31.2 Å². The van der Waals surface area contributed by atoms with Crippen molar-refractivity contribution in [1.29, 1.82) is 0 Å². The molecular formula is C18H18N4O4. The maximum Gasteiger partial charge on any atom is 0.332 e. The van der Waals surface area contributed by atoms with Gasteiger partial charge in [-0.2, -0.15) is 0 Å². The van der Waals surface area contributed by atoms with E-state index in [1.165, 1.54) is 9.13 Å². The molecule has 4 rings (SSSR count). The van der Waals surface area contributed by atoms with Crippen LogP contribution in [0.2, 0.25) is 0 Å². The van der Waals surface area contributed by atoms with Gasteiger partial charge < -0.3 is 14.5 Å². The molecule has 0 saturated carbocycles. The van der Waals surface area contributed by atoms with Gasteiger partial charge in [-0.3, -0.25) is 13.9 Å². The van der Waals surface area contributed by atoms with E-state index < -0.39 is 0 Å². The van der Waals surface area contributed by atoms with Crippen LogP contribution in [-0.4, -0.2) is 25.9 Å². The predicted molar refractivity (Wildman–Crippen MR) is 97.5 cm³/mol. The lowest BCUT2D eigenvalue weighted by Gasteiger charge is -2.06. The molecule has 8 nitrogen and oxygen atoms in total. The van der Waals surface area contributed by atoms with Gasteiger partial charge >= 0.3 is 5.69 Å². The standard InChI is InChI=1S/C18H18N4O4/c1-3-21-16-15(17(23)22(4-2)18(21)24)19-14(20-16)8-6-11-5-7-12-13(9-11)26-10-25-12/h5-9H,3-4,10H2,1-2H3,(H,19,20)/b8-6+. The number of ether oxygens (including phenoxy) is 2. The van der Waals surface area contributed by atoms with Crippen LogP contribution < -0.4 is 20.7 Å². The van der Waals surface area contributed by atoms with Gasteiger partial charge in [0.15, 0.2) is 17.1 Å². The van der Waals surface area contributed by atoms with Crippen molar-refractivity contribution in [2.24, 2.45) is 0 Å². The van der Waals surface area contributed by atoms with Crippen molar-refractivity contribution in [2.75, 3.05) is 6.79 Å². The highest BCUT2D eigenvalue weighted by atomic mass is 16.7. The number of rotatable bonds is 4. The number of aromatic amines is 1. The fraction of sp³-hybridized carbons (Fsp3) is 0.278. The maximum absolute atomic E-state index is 12.5. The van der Waals surface area contributed by atoms with Gasteiger partial charge in [0, 0.05) is 13.1 Å². The Kier molecular flexibility index (Phi) is 3.87. The van der Waals surface area contributed by atoms with Crippen molar-refractivity contribution >= 4 is 23.3 Å². The zero-order chi connectivity index (χ0) is 18.3. The second-order valence-corrected chi connectivity index (χ2v) is 5.84. The first-order valence-corrected chi connectivity index (χ1v) is 8.43. The number of nitrogens with zero attached hydrogens (tertiary/aromatic N) is 3. The van der Waals surface area contributed by atoms with Crippen molar-refractivity contribution in [1.82, 2.24) is 19.1 Å². The summed E-state index contributed by atoms with van der Waals surface area (Å²) in [6.45, 7) is 4.60. The summed E-state index contributed by atoms with van der Waals surface area (Å²) in [5.74, 6) is 1.92. The summed E-state index contributed by atoms with van der Waals surface area (Å²) in [4.78, 5) is 32.3. The Morgan fingerprint density at radius 1 is 1.12 bits per heavy atom. The van der Waals surface area contributed by atoms with Crippen LogP contribution in [0.25, 0.3) is 23.3 Å². The lowest BCUT2D eigenvalue weighted by Crippen LogP contribution is -2.39. The maximum atomic E-state index is 12.5. The van der Waals surface area contributed by atoms with Gasteiger partial charge in [0.25, 0.3) is 5.56 Å². The van der Waals surface area contributed by atoms with Gasteiger partial charge in [-0.15, -0.1) is 0 Å². The molecule has 0 spiro atoms. The average Bonchev–Trinajstić information content (AvgIpc) is 3.27. The predicted octanol–water partition coefficient (Wildman–Crippen LogP) is 1.83. The zero-order valence-electron chi connectivity index (χ0n) is 14.5. The highest BCUT2D eigenvalue weighted by Crippen LogP contribution is 2.32. The van der Waals surface area contributed by atoms with Crippen LogP contribution in [0, 0.1) is 0 Å². The number of nitrogens with one attached hydrogen (secondary N) is 1. The third kappa shape index (κ3) is 2.50. The lowest BCUT2D eigenvalue weighted by atomic mass is 10.2. The van der Waals surface area contributed by atoms with E-state index in [9.17, 15) is 9.59 Å². The molecule has 0 radical (unpaired) electrons. The third-order valence-electron chi connectivity index (χ3n) is 4.34. The molecule has 1 aliphatic rings. The van der Waals surface area contributed by atoms with E-state index in [2.05, 4.69) is 9.97 Å². The van der Waals surface area contributed by atoms with Gasteiger partial charge in [0.1, 0.15) is 11.3 Å². The van der Waals surface area contributed by atoms with E-state index in [0.29, 0.717) is 35.8 Å². The molecule has 1 aromatic carbocycles. The second kappa shape index (κ2) is 6.21. The topological polar surface area (TPSA) is 91.1 Å². The van der Waals surface area contributed by atoms with Crippen LogP contribution in [-0.2, 0) is 13.1 Å². The number of H-pyrrole nitrogens is 1. The number of aromatic nitrogens is 4. The molecule has 26 heavy (non-hydrogen) atoms. The Labute approximate surface area is 148 Å². The normalized spacial score (nSPS) is 13.2. The summed E-state index contributed by atoms with van der Waals surface area (Å²) in [6.07, 6.45) is 3.62. The van der Waals surface area contributed by atoms with Gasteiger partial charge in [-0.1, -0.05) is 12.1 Å². The monoisotopic (exact) mass is 354 g/mol. The van der Waals surface area contributed by atoms with Crippen LogP contribution in [0.3, 0.4) is 0 Å². The molecule has 0 saturated heterocycles. The molecule has 0 atom stereocenters. The van der Waals surface area contributed by atoms with Crippen molar-refractivity contribution in [3.8, 4) is 11.5 Å². The van der Waals surface area contributed by atoms with Gasteiger partial charge in [0.05, 0.1) is 0 Å². The van der Waals surface area contributed by atoms with Crippen LogP contribution >= 0.6 is 0 Å². The summed E-state index contributed by atoms with van der Waals surface area (Å²) in [5.41, 5.74) is 0.919. The summed E-state index contributed by atoms with van der Waals surface area (Å²) in [5, 5.41) is 0. The molecule has 0 bridgehead atoms.